The van der Waals surface area contributed by atoms with E-state index in [4.69, 9.17) is 9.47 Å². The van der Waals surface area contributed by atoms with Crippen LogP contribution in [0.15, 0.2) is 76.3 Å². The van der Waals surface area contributed by atoms with Crippen LogP contribution >= 0.6 is 0 Å². The van der Waals surface area contributed by atoms with E-state index in [9.17, 15) is 9.59 Å². The maximum Gasteiger partial charge on any atom is 0.265 e. The molecule has 26 heavy (non-hydrogen) atoms. The molecule has 0 saturated heterocycles. The molecule has 0 saturated carbocycles. The first kappa shape index (κ1) is 14.7. The van der Waals surface area contributed by atoms with Gasteiger partial charge >= 0.3 is 0 Å². The minimum absolute atomic E-state index is 0.131. The Balaban J connectivity index is 2.00. The van der Waals surface area contributed by atoms with Crippen molar-refractivity contribution in [2.75, 3.05) is 6.79 Å². The fraction of sp³-hybridized carbons (Fsp3) is 0.0476. The van der Waals surface area contributed by atoms with Gasteiger partial charge in [-0.1, -0.05) is 36.4 Å². The second-order valence-electron chi connectivity index (χ2n) is 6.07. The summed E-state index contributed by atoms with van der Waals surface area (Å²) in [6, 6.07) is 19.6. The van der Waals surface area contributed by atoms with Gasteiger partial charge in [-0.05, 0) is 35.0 Å². The highest BCUT2D eigenvalue weighted by Crippen LogP contribution is 2.33. The maximum atomic E-state index is 13.2. The summed E-state index contributed by atoms with van der Waals surface area (Å²) in [4.78, 5) is 26.5. The number of ether oxygens (including phenoxy) is 2. The normalized spacial score (nSPS) is 12.6. The van der Waals surface area contributed by atoms with E-state index in [-0.39, 0.29) is 17.9 Å². The number of aromatic nitrogens is 1. The first-order valence-electron chi connectivity index (χ1n) is 8.21. The molecule has 0 unspecified atom stereocenters. The lowest BCUT2D eigenvalue weighted by molar-refractivity contribution is 0.174. The van der Waals surface area contributed by atoms with Crippen LogP contribution in [0.4, 0.5) is 0 Å². The topological polar surface area (TPSA) is 57.5 Å². The standard InChI is InChI=1S/C21H13NO4/c23-20-16-7-3-1-5-14(16)15-6-2-4-8-17(15)21(24)22(20)13-9-10-18-19(11-13)26-12-25-18/h1-11H,12H2. The molecule has 0 fully saturated rings. The molecule has 1 aliphatic rings. The van der Waals surface area contributed by atoms with Crippen molar-refractivity contribution in [3.63, 3.8) is 0 Å². The summed E-state index contributed by atoms with van der Waals surface area (Å²) >= 11 is 0. The fourth-order valence-corrected chi connectivity index (χ4v) is 3.40. The van der Waals surface area contributed by atoms with Crippen molar-refractivity contribution < 1.29 is 9.47 Å². The van der Waals surface area contributed by atoms with Gasteiger partial charge in [0, 0.05) is 16.8 Å². The molecule has 0 N–H and O–H groups in total. The van der Waals surface area contributed by atoms with E-state index in [0.717, 1.165) is 10.8 Å². The lowest BCUT2D eigenvalue weighted by Gasteiger charge is -2.04. The molecule has 0 spiro atoms. The highest BCUT2D eigenvalue weighted by atomic mass is 16.7. The van der Waals surface area contributed by atoms with Crippen LogP contribution in [0.3, 0.4) is 0 Å². The molecule has 0 amide bonds. The lowest BCUT2D eigenvalue weighted by atomic mass is 10.1. The van der Waals surface area contributed by atoms with E-state index >= 15 is 0 Å². The van der Waals surface area contributed by atoms with E-state index in [1.807, 2.05) is 24.3 Å². The fourth-order valence-electron chi connectivity index (χ4n) is 3.40. The van der Waals surface area contributed by atoms with Crippen LogP contribution in [0, 0.1) is 0 Å². The average molecular weight is 343 g/mol. The van der Waals surface area contributed by atoms with Crippen LogP contribution in [0.5, 0.6) is 11.5 Å². The number of nitrogens with zero attached hydrogens (tertiary/aromatic N) is 1. The second kappa shape index (κ2) is 5.46. The van der Waals surface area contributed by atoms with Crippen LogP contribution < -0.4 is 20.6 Å². The highest BCUT2D eigenvalue weighted by Gasteiger charge is 2.17. The Labute approximate surface area is 147 Å². The van der Waals surface area contributed by atoms with Gasteiger partial charge in [0.15, 0.2) is 11.5 Å². The number of fused-ring (bicyclic) bond motifs is 4. The van der Waals surface area contributed by atoms with E-state index in [2.05, 4.69) is 0 Å². The van der Waals surface area contributed by atoms with Crippen molar-refractivity contribution in [3.05, 3.63) is 87.4 Å². The monoisotopic (exact) mass is 343 g/mol. The van der Waals surface area contributed by atoms with Crippen LogP contribution in [-0.2, 0) is 0 Å². The summed E-state index contributed by atoms with van der Waals surface area (Å²) < 4.78 is 11.9. The Bertz CT molecular complexity index is 1230. The average Bonchev–Trinajstić information content (AvgIpc) is 3.12. The van der Waals surface area contributed by atoms with Gasteiger partial charge in [0.1, 0.15) is 0 Å². The SMILES string of the molecule is O=c1c2ccccc2c2ccccc2c(=O)n1-c1ccc2c(c1)OCO2. The van der Waals surface area contributed by atoms with Gasteiger partial charge in [-0.25, -0.2) is 4.57 Å². The minimum atomic E-state index is -0.360. The quantitative estimate of drug-likeness (QED) is 0.532. The molecular weight excluding hydrogens is 330 g/mol. The summed E-state index contributed by atoms with van der Waals surface area (Å²) in [5.41, 5.74) is -0.267. The van der Waals surface area contributed by atoms with E-state index in [1.54, 1.807) is 42.5 Å². The van der Waals surface area contributed by atoms with Gasteiger partial charge < -0.3 is 9.47 Å². The van der Waals surface area contributed by atoms with E-state index in [1.165, 1.54) is 4.57 Å². The highest BCUT2D eigenvalue weighted by molar-refractivity contribution is 6.05. The maximum absolute atomic E-state index is 13.2. The third kappa shape index (κ3) is 2.04. The zero-order valence-electron chi connectivity index (χ0n) is 13.6. The molecule has 0 atom stereocenters. The first-order valence-corrected chi connectivity index (χ1v) is 8.21. The van der Waals surface area contributed by atoms with Gasteiger partial charge in [0.25, 0.3) is 11.1 Å². The van der Waals surface area contributed by atoms with E-state index < -0.39 is 0 Å². The van der Waals surface area contributed by atoms with Crippen molar-refractivity contribution in [1.82, 2.24) is 4.57 Å². The Hall–Kier alpha value is -3.60. The van der Waals surface area contributed by atoms with Crippen molar-refractivity contribution in [2.45, 2.75) is 0 Å². The van der Waals surface area contributed by atoms with Crippen molar-refractivity contribution >= 4 is 21.5 Å². The van der Waals surface area contributed by atoms with Gasteiger partial charge in [0.2, 0.25) is 6.79 Å². The second-order valence-corrected chi connectivity index (χ2v) is 6.07. The summed E-state index contributed by atoms with van der Waals surface area (Å²) in [5, 5.41) is 2.49. The van der Waals surface area contributed by atoms with Crippen LogP contribution in [-0.4, -0.2) is 11.4 Å². The molecule has 5 nitrogen and oxygen atoms in total. The van der Waals surface area contributed by atoms with Crippen molar-refractivity contribution in [2.24, 2.45) is 0 Å². The molecule has 5 heteroatoms. The van der Waals surface area contributed by atoms with Gasteiger partial charge in [-0.2, -0.15) is 0 Å². The number of hydrogen-bond acceptors (Lipinski definition) is 4. The van der Waals surface area contributed by atoms with Crippen LogP contribution in [0.2, 0.25) is 0 Å². The van der Waals surface area contributed by atoms with Crippen LogP contribution in [0.1, 0.15) is 0 Å². The Morgan fingerprint density at radius 3 is 1.81 bits per heavy atom. The Morgan fingerprint density at radius 2 is 1.19 bits per heavy atom. The first-order chi connectivity index (χ1) is 12.7. The molecular formula is C21H13NO4. The van der Waals surface area contributed by atoms with Gasteiger partial charge in [-0.3, -0.25) is 9.59 Å². The predicted molar refractivity (Wildman–Crippen MR) is 99.4 cm³/mol. The number of benzene rings is 3. The third-order valence-electron chi connectivity index (χ3n) is 4.63. The van der Waals surface area contributed by atoms with Crippen LogP contribution in [0.25, 0.3) is 27.2 Å². The summed E-state index contributed by atoms with van der Waals surface area (Å²) in [6.45, 7) is 0.131. The smallest absolute Gasteiger partial charge is 0.265 e. The molecule has 2 heterocycles. The third-order valence-corrected chi connectivity index (χ3v) is 4.63. The number of hydrogen-bond donors (Lipinski definition) is 0. The molecule has 126 valence electrons. The summed E-state index contributed by atoms with van der Waals surface area (Å²) in [7, 11) is 0. The summed E-state index contributed by atoms with van der Waals surface area (Å²) in [5.74, 6) is 1.12. The van der Waals surface area contributed by atoms with Gasteiger partial charge in [0.05, 0.1) is 5.69 Å². The van der Waals surface area contributed by atoms with Gasteiger partial charge in [-0.15, -0.1) is 0 Å². The Kier molecular flexibility index (Phi) is 3.09. The molecule has 0 bridgehead atoms. The molecule has 5 rings (SSSR count). The minimum Gasteiger partial charge on any atom is -0.454 e. The number of rotatable bonds is 1. The summed E-state index contributed by atoms with van der Waals surface area (Å²) in [6.07, 6.45) is 0. The Morgan fingerprint density at radius 1 is 0.654 bits per heavy atom. The molecule has 3 aromatic carbocycles. The van der Waals surface area contributed by atoms with Crippen molar-refractivity contribution in [3.8, 4) is 17.2 Å². The molecule has 0 radical (unpaired) electrons. The largest absolute Gasteiger partial charge is 0.454 e. The molecule has 1 aromatic heterocycles. The zero-order chi connectivity index (χ0) is 17.7. The molecule has 0 aliphatic carbocycles. The predicted octanol–water partition coefficient (Wildman–Crippen LogP) is 3.23. The molecule has 1 aliphatic heterocycles. The van der Waals surface area contributed by atoms with E-state index in [0.29, 0.717) is 28.0 Å². The van der Waals surface area contributed by atoms with Crippen molar-refractivity contribution in [1.29, 1.82) is 0 Å². The lowest BCUT2D eigenvalue weighted by Crippen LogP contribution is -2.28. The molecule has 4 aromatic rings. The zero-order valence-corrected chi connectivity index (χ0v) is 13.6.